The van der Waals surface area contributed by atoms with E-state index in [9.17, 15) is 8.42 Å². The summed E-state index contributed by atoms with van der Waals surface area (Å²) in [5.41, 5.74) is 1.64. The monoisotopic (exact) mass is 368 g/mol. The molecule has 0 atom stereocenters. The Bertz CT molecular complexity index is 968. The van der Waals surface area contributed by atoms with Crippen molar-refractivity contribution in [1.82, 2.24) is 29.8 Å². The highest BCUT2D eigenvalue weighted by Gasteiger charge is 2.16. The van der Waals surface area contributed by atoms with Gasteiger partial charge in [-0.2, -0.15) is 18.6 Å². The lowest BCUT2D eigenvalue weighted by molar-refractivity contribution is 0.311. The van der Waals surface area contributed by atoms with Crippen LogP contribution in [0.3, 0.4) is 0 Å². The number of pyridine rings is 1. The summed E-state index contributed by atoms with van der Waals surface area (Å²) in [6.45, 7) is 1.53. The molecule has 126 valence electrons. The molecule has 0 saturated heterocycles. The lowest BCUT2D eigenvalue weighted by Gasteiger charge is -2.12. The van der Waals surface area contributed by atoms with Crippen LogP contribution in [0.4, 0.5) is 0 Å². The van der Waals surface area contributed by atoms with Gasteiger partial charge in [0, 0.05) is 23.5 Å². The Labute approximate surface area is 143 Å². The van der Waals surface area contributed by atoms with Crippen molar-refractivity contribution in [1.29, 1.82) is 0 Å². The molecular formula is C13H13ClN6O3S. The molecule has 0 fully saturated rings. The molecule has 0 bridgehead atoms. The molecule has 0 aliphatic rings. The summed E-state index contributed by atoms with van der Waals surface area (Å²) in [6, 6.07) is 3.45. The second-order valence-electron chi connectivity index (χ2n) is 4.96. The van der Waals surface area contributed by atoms with Gasteiger partial charge in [-0.25, -0.2) is 9.67 Å². The molecule has 0 spiro atoms. The first kappa shape index (κ1) is 16.6. The minimum atomic E-state index is -3.62. The summed E-state index contributed by atoms with van der Waals surface area (Å²) in [5, 5.41) is 12.5. The maximum Gasteiger partial charge on any atom is 0.264 e. The Morgan fingerprint density at radius 1 is 1.29 bits per heavy atom. The van der Waals surface area contributed by atoms with Gasteiger partial charge in [0.2, 0.25) is 0 Å². The van der Waals surface area contributed by atoms with Crippen molar-refractivity contribution < 1.29 is 12.6 Å². The maximum absolute atomic E-state index is 11.3. The molecule has 3 aromatic heterocycles. The Balaban J connectivity index is 2.03. The maximum atomic E-state index is 11.3. The Morgan fingerprint density at radius 3 is 2.67 bits per heavy atom. The molecule has 0 unspecified atom stereocenters. The summed E-state index contributed by atoms with van der Waals surface area (Å²) >= 11 is 6.16. The van der Waals surface area contributed by atoms with Gasteiger partial charge in [-0.05, 0) is 13.0 Å². The van der Waals surface area contributed by atoms with Gasteiger partial charge < -0.3 is 0 Å². The normalized spacial score (nSPS) is 11.8. The topological polar surface area (TPSA) is 105 Å². The fourth-order valence-corrected chi connectivity index (χ4v) is 2.65. The Kier molecular flexibility index (Phi) is 4.35. The van der Waals surface area contributed by atoms with E-state index < -0.39 is 10.1 Å². The highest BCUT2D eigenvalue weighted by molar-refractivity contribution is 7.85. The zero-order chi connectivity index (χ0) is 17.3. The first-order valence-corrected chi connectivity index (χ1v) is 8.96. The molecule has 0 amide bonds. The van der Waals surface area contributed by atoms with Crippen LogP contribution in [0.1, 0.15) is 11.3 Å². The van der Waals surface area contributed by atoms with Crippen molar-refractivity contribution in [3.8, 4) is 11.5 Å². The van der Waals surface area contributed by atoms with E-state index in [1.807, 2.05) is 0 Å². The van der Waals surface area contributed by atoms with Crippen molar-refractivity contribution in [3.05, 3.63) is 47.1 Å². The number of aromatic nitrogens is 6. The van der Waals surface area contributed by atoms with Gasteiger partial charge in [-0.3, -0.25) is 4.18 Å². The predicted octanol–water partition coefficient (Wildman–Crippen LogP) is 1.29. The molecule has 0 aliphatic heterocycles. The van der Waals surface area contributed by atoms with Gasteiger partial charge in [-0.1, -0.05) is 11.6 Å². The molecule has 0 radical (unpaired) electrons. The lowest BCUT2D eigenvalue weighted by Crippen LogP contribution is -2.09. The largest absolute Gasteiger partial charge is 0.265 e. The van der Waals surface area contributed by atoms with Crippen LogP contribution in [-0.2, 0) is 20.9 Å². The molecule has 3 aromatic rings. The zero-order valence-electron chi connectivity index (χ0n) is 12.8. The van der Waals surface area contributed by atoms with Gasteiger partial charge in [0.15, 0.2) is 5.82 Å². The fourth-order valence-electron chi connectivity index (χ4n) is 2.04. The third-order valence-corrected chi connectivity index (χ3v) is 3.90. The molecule has 24 heavy (non-hydrogen) atoms. The Hall–Kier alpha value is -2.30. The van der Waals surface area contributed by atoms with Gasteiger partial charge in [0.1, 0.15) is 5.15 Å². The van der Waals surface area contributed by atoms with Crippen molar-refractivity contribution in [2.24, 2.45) is 0 Å². The van der Waals surface area contributed by atoms with E-state index in [0.29, 0.717) is 22.8 Å². The number of nitrogens with zero attached hydrogens (tertiary/aromatic N) is 6. The minimum Gasteiger partial charge on any atom is -0.265 e. The highest BCUT2D eigenvalue weighted by Crippen LogP contribution is 2.24. The summed E-state index contributed by atoms with van der Waals surface area (Å²) in [7, 11) is -3.62. The smallest absolute Gasteiger partial charge is 0.264 e. The van der Waals surface area contributed by atoms with Crippen LogP contribution in [0.25, 0.3) is 11.5 Å². The van der Waals surface area contributed by atoms with Crippen molar-refractivity contribution in [3.63, 3.8) is 0 Å². The quantitative estimate of drug-likeness (QED) is 0.493. The van der Waals surface area contributed by atoms with Crippen LogP contribution in [0.5, 0.6) is 0 Å². The number of hydrogen-bond donors (Lipinski definition) is 0. The summed E-state index contributed by atoms with van der Waals surface area (Å²) < 4.78 is 28.9. The average Bonchev–Trinajstić information content (AvgIpc) is 3.15. The summed E-state index contributed by atoms with van der Waals surface area (Å²) in [4.78, 5) is 5.50. The number of rotatable bonds is 5. The molecule has 0 saturated carbocycles. The first-order chi connectivity index (χ1) is 11.3. The SMILES string of the molecule is Cc1cc(-n2ccc(-n3nccn3)n2)c(COS(C)(=O)=O)c(Cl)n1. The number of aryl methyl sites for hydroxylation is 1. The molecule has 11 heteroatoms. The molecule has 3 heterocycles. The van der Waals surface area contributed by atoms with Gasteiger partial charge in [0.05, 0.1) is 30.9 Å². The number of halogens is 1. The average molecular weight is 369 g/mol. The van der Waals surface area contributed by atoms with Gasteiger partial charge in [0.25, 0.3) is 10.1 Å². The summed E-state index contributed by atoms with van der Waals surface area (Å²) in [5.74, 6) is 0.501. The van der Waals surface area contributed by atoms with Gasteiger partial charge in [-0.15, -0.1) is 9.90 Å². The van der Waals surface area contributed by atoms with Crippen molar-refractivity contribution in [2.45, 2.75) is 13.5 Å². The van der Waals surface area contributed by atoms with Crippen LogP contribution >= 0.6 is 11.6 Å². The zero-order valence-corrected chi connectivity index (χ0v) is 14.4. The minimum absolute atomic E-state index is 0.155. The van der Waals surface area contributed by atoms with Crippen LogP contribution in [0.15, 0.2) is 30.7 Å². The van der Waals surface area contributed by atoms with E-state index in [1.165, 1.54) is 17.2 Å². The first-order valence-electron chi connectivity index (χ1n) is 6.76. The molecular weight excluding hydrogens is 356 g/mol. The standard InChI is InChI=1S/C13H13ClN6O3S/c1-9-7-11(10(13(14)17-9)8-23-24(2,21)22)19-6-3-12(18-19)20-15-4-5-16-20/h3-7H,8H2,1-2H3. The fraction of sp³-hybridized carbons (Fsp3) is 0.231. The molecule has 0 N–H and O–H groups in total. The van der Waals surface area contributed by atoms with Crippen molar-refractivity contribution >= 4 is 21.7 Å². The third kappa shape index (κ3) is 3.61. The highest BCUT2D eigenvalue weighted by atomic mass is 35.5. The van der Waals surface area contributed by atoms with Crippen molar-refractivity contribution in [2.75, 3.05) is 6.26 Å². The predicted molar refractivity (Wildman–Crippen MR) is 85.7 cm³/mol. The number of hydrogen-bond acceptors (Lipinski definition) is 7. The van der Waals surface area contributed by atoms with Crippen LogP contribution in [-0.4, -0.2) is 44.4 Å². The second kappa shape index (κ2) is 6.30. The van der Waals surface area contributed by atoms with E-state index in [1.54, 1.807) is 29.9 Å². The molecule has 0 aliphatic carbocycles. The third-order valence-electron chi connectivity index (χ3n) is 3.04. The van der Waals surface area contributed by atoms with E-state index in [4.69, 9.17) is 15.8 Å². The van der Waals surface area contributed by atoms with E-state index in [0.717, 1.165) is 6.26 Å². The van der Waals surface area contributed by atoms with E-state index in [-0.39, 0.29) is 11.8 Å². The van der Waals surface area contributed by atoms with Crippen LogP contribution in [0, 0.1) is 6.92 Å². The lowest BCUT2D eigenvalue weighted by atomic mass is 10.2. The summed E-state index contributed by atoms with van der Waals surface area (Å²) in [6.07, 6.45) is 5.74. The van der Waals surface area contributed by atoms with E-state index in [2.05, 4.69) is 20.3 Å². The van der Waals surface area contributed by atoms with Gasteiger partial charge >= 0.3 is 0 Å². The Morgan fingerprint density at radius 2 is 2.00 bits per heavy atom. The van der Waals surface area contributed by atoms with E-state index >= 15 is 0 Å². The molecule has 0 aromatic carbocycles. The molecule has 3 rings (SSSR count). The van der Waals surface area contributed by atoms with Crippen LogP contribution < -0.4 is 0 Å². The van der Waals surface area contributed by atoms with Crippen LogP contribution in [0.2, 0.25) is 5.15 Å². The molecule has 9 nitrogen and oxygen atoms in total. The second-order valence-corrected chi connectivity index (χ2v) is 6.96.